The minimum atomic E-state index is 0.557. The fourth-order valence-electron chi connectivity index (χ4n) is 1.49. The van der Waals surface area contributed by atoms with Crippen LogP contribution >= 0.6 is 0 Å². The molecule has 2 aromatic carbocycles. The zero-order valence-corrected chi connectivity index (χ0v) is 8.12. The SMILES string of the molecule is Cc1cccc(-c2ccc([NH])cc2)c1. The standard InChI is InChI=1S/C13H12N/c1-10-3-2-4-12(9-10)11-5-7-13(14)8-6-11/h2-9,14H,1H3. The maximum atomic E-state index is 7.40. The maximum Gasteiger partial charge on any atom is 0.0540 e. The molecule has 2 aromatic rings. The van der Waals surface area contributed by atoms with Crippen LogP contribution in [0.2, 0.25) is 0 Å². The Kier molecular flexibility index (Phi) is 2.23. The van der Waals surface area contributed by atoms with Gasteiger partial charge in [0.2, 0.25) is 0 Å². The lowest BCUT2D eigenvalue weighted by Gasteiger charge is -2.02. The third kappa shape index (κ3) is 1.77. The molecule has 14 heavy (non-hydrogen) atoms. The lowest BCUT2D eigenvalue weighted by Crippen LogP contribution is -1.78. The van der Waals surface area contributed by atoms with Gasteiger partial charge in [-0.15, -0.1) is 0 Å². The van der Waals surface area contributed by atoms with Gasteiger partial charge in [0.25, 0.3) is 0 Å². The van der Waals surface area contributed by atoms with Gasteiger partial charge in [-0.05, 0) is 30.2 Å². The van der Waals surface area contributed by atoms with Gasteiger partial charge in [-0.1, -0.05) is 42.0 Å². The quantitative estimate of drug-likeness (QED) is 0.643. The molecule has 0 fully saturated rings. The van der Waals surface area contributed by atoms with E-state index >= 15 is 0 Å². The molecule has 0 saturated heterocycles. The summed E-state index contributed by atoms with van der Waals surface area (Å²) in [5.41, 5.74) is 11.6. The van der Waals surface area contributed by atoms with E-state index in [4.69, 9.17) is 5.73 Å². The van der Waals surface area contributed by atoms with E-state index in [1.54, 1.807) is 0 Å². The van der Waals surface area contributed by atoms with Crippen molar-refractivity contribution in [3.8, 4) is 11.1 Å². The Labute approximate surface area is 84.2 Å². The van der Waals surface area contributed by atoms with Crippen LogP contribution in [0.25, 0.3) is 11.1 Å². The number of benzene rings is 2. The molecule has 1 radical (unpaired) electrons. The van der Waals surface area contributed by atoms with Crippen LogP contribution in [-0.4, -0.2) is 0 Å². The van der Waals surface area contributed by atoms with Crippen LogP contribution in [0.1, 0.15) is 5.56 Å². The molecule has 0 bridgehead atoms. The molecule has 0 spiro atoms. The van der Waals surface area contributed by atoms with Crippen LogP contribution in [0.3, 0.4) is 0 Å². The third-order valence-corrected chi connectivity index (χ3v) is 2.24. The predicted octanol–water partition coefficient (Wildman–Crippen LogP) is 3.58. The van der Waals surface area contributed by atoms with Crippen LogP contribution in [0.5, 0.6) is 0 Å². The summed E-state index contributed by atoms with van der Waals surface area (Å²) in [6.07, 6.45) is 0. The topological polar surface area (TPSA) is 23.8 Å². The van der Waals surface area contributed by atoms with Crippen molar-refractivity contribution >= 4 is 5.69 Å². The van der Waals surface area contributed by atoms with Gasteiger partial charge in [-0.3, -0.25) is 0 Å². The molecular formula is C13H12N. The lowest BCUT2D eigenvalue weighted by atomic mass is 10.0. The molecule has 1 heteroatoms. The molecule has 0 atom stereocenters. The largest absolute Gasteiger partial charge is 0.301 e. The average molecular weight is 182 g/mol. The minimum Gasteiger partial charge on any atom is -0.301 e. The second-order valence-corrected chi connectivity index (χ2v) is 3.45. The van der Waals surface area contributed by atoms with Crippen LogP contribution in [0.15, 0.2) is 48.5 Å². The fraction of sp³-hybridized carbons (Fsp3) is 0.0769. The summed E-state index contributed by atoms with van der Waals surface area (Å²) in [7, 11) is 0. The van der Waals surface area contributed by atoms with Gasteiger partial charge >= 0.3 is 0 Å². The van der Waals surface area contributed by atoms with E-state index in [0.717, 1.165) is 0 Å². The van der Waals surface area contributed by atoms with Crippen LogP contribution in [-0.2, 0) is 0 Å². The first-order valence-corrected chi connectivity index (χ1v) is 4.64. The van der Waals surface area contributed by atoms with Crippen LogP contribution in [0, 0.1) is 6.92 Å². The number of aryl methyl sites for hydroxylation is 1. The molecule has 0 aromatic heterocycles. The molecule has 0 saturated carbocycles. The predicted molar refractivity (Wildman–Crippen MR) is 59.4 cm³/mol. The van der Waals surface area contributed by atoms with Crippen molar-refractivity contribution < 1.29 is 0 Å². The van der Waals surface area contributed by atoms with E-state index in [0.29, 0.717) is 5.69 Å². The number of nitrogens with one attached hydrogen (secondary N) is 1. The molecule has 1 nitrogen and oxygen atoms in total. The summed E-state index contributed by atoms with van der Waals surface area (Å²) in [5, 5.41) is 0. The first-order chi connectivity index (χ1) is 6.75. The summed E-state index contributed by atoms with van der Waals surface area (Å²) >= 11 is 0. The molecule has 1 N–H and O–H groups in total. The van der Waals surface area contributed by atoms with Gasteiger partial charge in [0, 0.05) is 0 Å². The number of hydrogen-bond acceptors (Lipinski definition) is 0. The number of hydrogen-bond donors (Lipinski definition) is 0. The van der Waals surface area contributed by atoms with Crippen molar-refractivity contribution in [2.45, 2.75) is 6.92 Å². The molecular weight excluding hydrogens is 170 g/mol. The molecule has 2 rings (SSSR count). The second-order valence-electron chi connectivity index (χ2n) is 3.45. The monoisotopic (exact) mass is 182 g/mol. The Morgan fingerprint density at radius 1 is 0.857 bits per heavy atom. The third-order valence-electron chi connectivity index (χ3n) is 2.24. The Morgan fingerprint density at radius 2 is 1.57 bits per heavy atom. The second kappa shape index (κ2) is 3.54. The first-order valence-electron chi connectivity index (χ1n) is 4.64. The van der Waals surface area contributed by atoms with Gasteiger partial charge < -0.3 is 5.73 Å². The highest BCUT2D eigenvalue weighted by Gasteiger charge is 1.96. The summed E-state index contributed by atoms with van der Waals surface area (Å²) in [6, 6.07) is 16.0. The van der Waals surface area contributed by atoms with E-state index in [-0.39, 0.29) is 0 Å². The van der Waals surface area contributed by atoms with E-state index in [2.05, 4.69) is 31.2 Å². The lowest BCUT2D eigenvalue weighted by molar-refractivity contribution is 1.45. The van der Waals surface area contributed by atoms with E-state index in [9.17, 15) is 0 Å². The van der Waals surface area contributed by atoms with Crippen molar-refractivity contribution in [2.75, 3.05) is 0 Å². The van der Waals surface area contributed by atoms with Gasteiger partial charge in [0.15, 0.2) is 0 Å². The average Bonchev–Trinajstić information content (AvgIpc) is 2.19. The van der Waals surface area contributed by atoms with Gasteiger partial charge in [0.1, 0.15) is 0 Å². The van der Waals surface area contributed by atoms with Crippen LogP contribution < -0.4 is 5.73 Å². The van der Waals surface area contributed by atoms with E-state index in [1.165, 1.54) is 16.7 Å². The van der Waals surface area contributed by atoms with E-state index in [1.807, 2.05) is 24.3 Å². The molecule has 0 heterocycles. The summed E-state index contributed by atoms with van der Waals surface area (Å²) in [4.78, 5) is 0. The van der Waals surface area contributed by atoms with Crippen LogP contribution in [0.4, 0.5) is 5.69 Å². The molecule has 0 amide bonds. The Bertz CT molecular complexity index is 429. The highest BCUT2D eigenvalue weighted by molar-refractivity contribution is 5.65. The Morgan fingerprint density at radius 3 is 2.21 bits per heavy atom. The molecule has 0 aliphatic rings. The number of rotatable bonds is 1. The summed E-state index contributed by atoms with van der Waals surface area (Å²) in [5.74, 6) is 0. The van der Waals surface area contributed by atoms with Crippen molar-refractivity contribution in [3.05, 3.63) is 54.1 Å². The van der Waals surface area contributed by atoms with Crippen molar-refractivity contribution in [1.82, 2.24) is 5.73 Å². The zero-order chi connectivity index (χ0) is 9.97. The zero-order valence-electron chi connectivity index (χ0n) is 8.12. The smallest absolute Gasteiger partial charge is 0.0540 e. The van der Waals surface area contributed by atoms with Gasteiger partial charge in [-0.2, -0.15) is 0 Å². The Hall–Kier alpha value is -1.76. The highest BCUT2D eigenvalue weighted by atomic mass is 14.5. The van der Waals surface area contributed by atoms with Gasteiger partial charge in [-0.25, -0.2) is 0 Å². The highest BCUT2D eigenvalue weighted by Crippen LogP contribution is 2.21. The van der Waals surface area contributed by atoms with Crippen molar-refractivity contribution in [3.63, 3.8) is 0 Å². The summed E-state index contributed by atoms with van der Waals surface area (Å²) < 4.78 is 0. The molecule has 0 aliphatic heterocycles. The van der Waals surface area contributed by atoms with E-state index < -0.39 is 0 Å². The molecule has 69 valence electrons. The normalized spacial score (nSPS) is 10.1. The minimum absolute atomic E-state index is 0.557. The summed E-state index contributed by atoms with van der Waals surface area (Å²) in [6.45, 7) is 2.09. The van der Waals surface area contributed by atoms with Crippen molar-refractivity contribution in [2.24, 2.45) is 0 Å². The molecule has 0 unspecified atom stereocenters. The first kappa shape index (κ1) is 8.82. The Balaban J connectivity index is 2.44. The fourth-order valence-corrected chi connectivity index (χ4v) is 1.49. The maximum absolute atomic E-state index is 7.40. The molecule has 0 aliphatic carbocycles. The van der Waals surface area contributed by atoms with Crippen molar-refractivity contribution in [1.29, 1.82) is 0 Å². The van der Waals surface area contributed by atoms with Gasteiger partial charge in [0.05, 0.1) is 5.69 Å².